The lowest BCUT2D eigenvalue weighted by molar-refractivity contribution is -0.154. The van der Waals surface area contributed by atoms with E-state index in [0.717, 1.165) is 5.75 Å². The molecule has 27 heavy (non-hydrogen) atoms. The topological polar surface area (TPSA) is 78.9 Å². The predicted molar refractivity (Wildman–Crippen MR) is 108 cm³/mol. The molecule has 0 radical (unpaired) electrons. The Hall–Kier alpha value is -2.02. The minimum absolute atomic E-state index is 0.118. The molecule has 152 valence electrons. The molecule has 0 unspecified atom stereocenters. The molecule has 0 amide bonds. The number of ether oxygens (including phenoxy) is 3. The summed E-state index contributed by atoms with van der Waals surface area (Å²) in [6, 6.07) is 4.52. The Balaban J connectivity index is 2.97. The molecule has 7 heteroatoms. The average Bonchev–Trinajstić information content (AvgIpc) is 2.45. The first kappa shape index (κ1) is 23.0. The van der Waals surface area contributed by atoms with Gasteiger partial charge in [-0.2, -0.15) is 0 Å². The number of hydrogen-bond donors (Lipinski definition) is 0. The summed E-state index contributed by atoms with van der Waals surface area (Å²) in [5, 5.41) is 0. The molecule has 0 atom stereocenters. The second-order valence-corrected chi connectivity index (χ2v) is 12.7. The molecule has 0 aliphatic heterocycles. The van der Waals surface area contributed by atoms with Crippen molar-refractivity contribution in [1.29, 1.82) is 0 Å². The van der Waals surface area contributed by atoms with Crippen LogP contribution in [-0.4, -0.2) is 54.6 Å². The van der Waals surface area contributed by atoms with Crippen LogP contribution in [0.2, 0.25) is 0 Å². The summed E-state index contributed by atoms with van der Waals surface area (Å²) in [7, 11) is -0.760. The number of rotatable bonds is 7. The van der Waals surface area contributed by atoms with Gasteiger partial charge in [-0.25, -0.2) is 14.8 Å². The molecule has 0 aromatic heterocycles. The first-order valence-electron chi connectivity index (χ1n) is 8.63. The number of esters is 3. The standard InChI is InChI=1S/C20H30O6S/c1-14(21)25-17-9-8-15(19(23)24-10-11-27(5,6)7)12-16(17)13-18(22)26-20(2,3)4/h8-9,12H,10-11,13H2,1-7H3. The Morgan fingerprint density at radius 2 is 1.70 bits per heavy atom. The van der Waals surface area contributed by atoms with E-state index in [0.29, 0.717) is 17.7 Å². The molecule has 6 nitrogen and oxygen atoms in total. The minimum Gasteiger partial charge on any atom is -0.461 e. The third kappa shape index (κ3) is 9.47. The van der Waals surface area contributed by atoms with Crippen molar-refractivity contribution in [2.24, 2.45) is 0 Å². The van der Waals surface area contributed by atoms with Crippen LogP contribution in [0.25, 0.3) is 0 Å². The van der Waals surface area contributed by atoms with Crippen LogP contribution in [0.3, 0.4) is 0 Å². The van der Waals surface area contributed by atoms with Crippen LogP contribution in [0.5, 0.6) is 5.75 Å². The summed E-state index contributed by atoms with van der Waals surface area (Å²) in [5.74, 6) is -0.418. The lowest BCUT2D eigenvalue weighted by Crippen LogP contribution is -2.25. The van der Waals surface area contributed by atoms with E-state index in [2.05, 4.69) is 18.8 Å². The summed E-state index contributed by atoms with van der Waals surface area (Å²) in [4.78, 5) is 35.8. The van der Waals surface area contributed by atoms with Crippen LogP contribution in [0.4, 0.5) is 0 Å². The molecule has 0 aliphatic rings. The van der Waals surface area contributed by atoms with Gasteiger partial charge in [0, 0.05) is 18.2 Å². The van der Waals surface area contributed by atoms with Crippen LogP contribution >= 0.6 is 10.0 Å². The van der Waals surface area contributed by atoms with Crippen LogP contribution in [-0.2, 0) is 25.5 Å². The van der Waals surface area contributed by atoms with Crippen LogP contribution in [0.15, 0.2) is 18.2 Å². The van der Waals surface area contributed by atoms with Gasteiger partial charge in [0.1, 0.15) is 11.4 Å². The highest BCUT2D eigenvalue weighted by molar-refractivity contribution is 8.32. The second-order valence-electron chi connectivity index (χ2n) is 8.11. The summed E-state index contributed by atoms with van der Waals surface area (Å²) in [6.07, 6.45) is 6.32. The average molecular weight is 399 g/mol. The van der Waals surface area contributed by atoms with Crippen molar-refractivity contribution >= 4 is 27.9 Å². The quantitative estimate of drug-likeness (QED) is 0.518. The molecule has 0 bridgehead atoms. The largest absolute Gasteiger partial charge is 0.461 e. The van der Waals surface area contributed by atoms with Gasteiger partial charge < -0.3 is 14.2 Å². The van der Waals surface area contributed by atoms with Crippen LogP contribution in [0, 0.1) is 0 Å². The molecule has 0 aliphatic carbocycles. The molecule has 0 heterocycles. The van der Waals surface area contributed by atoms with Gasteiger partial charge in [0.05, 0.1) is 18.6 Å². The van der Waals surface area contributed by atoms with Gasteiger partial charge >= 0.3 is 17.9 Å². The fourth-order valence-electron chi connectivity index (χ4n) is 2.10. The van der Waals surface area contributed by atoms with Gasteiger partial charge in [-0.15, -0.1) is 0 Å². The van der Waals surface area contributed by atoms with E-state index < -0.39 is 33.5 Å². The maximum absolute atomic E-state index is 12.3. The summed E-state index contributed by atoms with van der Waals surface area (Å²) >= 11 is 0. The van der Waals surface area contributed by atoms with Crippen molar-refractivity contribution in [3.8, 4) is 5.75 Å². The van der Waals surface area contributed by atoms with E-state index >= 15 is 0 Å². The first-order valence-corrected chi connectivity index (χ1v) is 11.7. The second kappa shape index (κ2) is 9.26. The Kier molecular flexibility index (Phi) is 7.90. The van der Waals surface area contributed by atoms with Crippen molar-refractivity contribution in [1.82, 2.24) is 0 Å². The summed E-state index contributed by atoms with van der Waals surface area (Å²) in [6.45, 7) is 6.91. The highest BCUT2D eigenvalue weighted by Crippen LogP contribution is 2.33. The predicted octanol–water partition coefficient (Wildman–Crippen LogP) is 3.35. The zero-order valence-electron chi connectivity index (χ0n) is 17.2. The van der Waals surface area contributed by atoms with Crippen molar-refractivity contribution in [2.75, 3.05) is 31.1 Å². The van der Waals surface area contributed by atoms with Gasteiger partial charge in [0.15, 0.2) is 0 Å². The van der Waals surface area contributed by atoms with E-state index in [-0.39, 0.29) is 12.2 Å². The van der Waals surface area contributed by atoms with Crippen LogP contribution < -0.4 is 4.74 Å². The summed E-state index contributed by atoms with van der Waals surface area (Å²) < 4.78 is 15.8. The first-order chi connectivity index (χ1) is 12.3. The van der Waals surface area contributed by atoms with E-state index in [1.165, 1.54) is 25.1 Å². The van der Waals surface area contributed by atoms with Crippen molar-refractivity contribution in [3.63, 3.8) is 0 Å². The lowest BCUT2D eigenvalue weighted by Gasteiger charge is -2.24. The normalized spacial score (nSPS) is 12.3. The highest BCUT2D eigenvalue weighted by atomic mass is 32.3. The maximum atomic E-state index is 12.3. The molecular weight excluding hydrogens is 368 g/mol. The Morgan fingerprint density at radius 3 is 2.22 bits per heavy atom. The van der Waals surface area contributed by atoms with Crippen molar-refractivity contribution in [2.45, 2.75) is 39.7 Å². The molecule has 0 fully saturated rings. The van der Waals surface area contributed by atoms with Crippen molar-refractivity contribution in [3.05, 3.63) is 29.3 Å². The van der Waals surface area contributed by atoms with Gasteiger partial charge in [0.25, 0.3) is 0 Å². The van der Waals surface area contributed by atoms with E-state index in [1.807, 2.05) is 0 Å². The molecule has 0 saturated heterocycles. The smallest absolute Gasteiger partial charge is 0.338 e. The van der Waals surface area contributed by atoms with E-state index in [9.17, 15) is 14.4 Å². The fourth-order valence-corrected chi connectivity index (χ4v) is 2.68. The monoisotopic (exact) mass is 398 g/mol. The molecule has 0 spiro atoms. The van der Waals surface area contributed by atoms with Crippen LogP contribution in [0.1, 0.15) is 43.6 Å². The Bertz CT molecular complexity index is 697. The van der Waals surface area contributed by atoms with Gasteiger partial charge in [0.2, 0.25) is 0 Å². The Morgan fingerprint density at radius 1 is 1.07 bits per heavy atom. The van der Waals surface area contributed by atoms with Gasteiger partial charge in [-0.1, -0.05) is 0 Å². The van der Waals surface area contributed by atoms with E-state index in [4.69, 9.17) is 14.2 Å². The lowest BCUT2D eigenvalue weighted by atomic mass is 10.1. The molecule has 1 aromatic carbocycles. The zero-order chi connectivity index (χ0) is 20.8. The molecular formula is C20H30O6S. The third-order valence-electron chi connectivity index (χ3n) is 3.23. The van der Waals surface area contributed by atoms with Crippen molar-refractivity contribution < 1.29 is 28.6 Å². The Labute approximate surface area is 162 Å². The number of carbonyl (C=O) groups excluding carboxylic acids is 3. The molecule has 1 aromatic rings. The molecule has 1 rings (SSSR count). The number of hydrogen-bond acceptors (Lipinski definition) is 6. The van der Waals surface area contributed by atoms with E-state index in [1.54, 1.807) is 20.8 Å². The fraction of sp³-hybridized carbons (Fsp3) is 0.550. The zero-order valence-corrected chi connectivity index (χ0v) is 18.0. The summed E-state index contributed by atoms with van der Waals surface area (Å²) in [5.41, 5.74) is 0.0635. The highest BCUT2D eigenvalue weighted by Gasteiger charge is 2.20. The van der Waals surface area contributed by atoms with Gasteiger partial charge in [-0.3, -0.25) is 9.59 Å². The molecule has 0 N–H and O–H groups in total. The minimum atomic E-state index is -0.760. The SMILES string of the molecule is CC(=O)Oc1ccc(C(=O)OCCS(C)(C)C)cc1CC(=O)OC(C)(C)C. The molecule has 0 saturated carbocycles. The maximum Gasteiger partial charge on any atom is 0.338 e. The van der Waals surface area contributed by atoms with Gasteiger partial charge in [-0.05, 0) is 57.7 Å². The number of benzene rings is 1. The number of carbonyl (C=O) groups is 3. The third-order valence-corrected chi connectivity index (χ3v) is 4.62.